The molecule has 1 aliphatic rings. The molecule has 0 aliphatic carbocycles. The molecule has 1 saturated heterocycles. The van der Waals surface area contributed by atoms with Gasteiger partial charge in [0.2, 0.25) is 0 Å². The van der Waals surface area contributed by atoms with E-state index in [1.165, 1.54) is 19.2 Å². The molecule has 3 aromatic rings. The zero-order valence-corrected chi connectivity index (χ0v) is 14.8. The number of hydrogen-bond acceptors (Lipinski definition) is 7. The monoisotopic (exact) mass is 367 g/mol. The topological polar surface area (TPSA) is 115 Å². The van der Waals surface area contributed by atoms with Gasteiger partial charge in [-0.1, -0.05) is 11.3 Å². The molecule has 3 aromatic heterocycles. The summed E-state index contributed by atoms with van der Waals surface area (Å²) in [5, 5.41) is 18.4. The molecule has 4 rings (SSSR count). The van der Waals surface area contributed by atoms with Gasteiger partial charge in [0.05, 0.1) is 6.20 Å². The van der Waals surface area contributed by atoms with Gasteiger partial charge in [0, 0.05) is 24.8 Å². The molecule has 0 aromatic carbocycles. The molecule has 1 amide bonds. The molecule has 4 heterocycles. The second-order valence-corrected chi connectivity index (χ2v) is 6.55. The van der Waals surface area contributed by atoms with Crippen molar-refractivity contribution >= 4 is 5.91 Å². The predicted molar refractivity (Wildman–Crippen MR) is 95.9 cm³/mol. The molecular weight excluding hydrogens is 346 g/mol. The fourth-order valence-corrected chi connectivity index (χ4v) is 3.19. The van der Waals surface area contributed by atoms with Crippen LogP contribution in [0.3, 0.4) is 0 Å². The lowest BCUT2D eigenvalue weighted by Crippen LogP contribution is -2.32. The van der Waals surface area contributed by atoms with Crippen LogP contribution in [-0.4, -0.2) is 53.7 Å². The van der Waals surface area contributed by atoms with E-state index in [0.717, 1.165) is 25.2 Å². The number of aromatic nitrogens is 7. The van der Waals surface area contributed by atoms with Gasteiger partial charge < -0.3 is 10.6 Å². The highest BCUT2D eigenvalue weighted by Crippen LogP contribution is 2.12. The summed E-state index contributed by atoms with van der Waals surface area (Å²) in [6, 6.07) is 3.70. The molecule has 0 spiro atoms. The van der Waals surface area contributed by atoms with Gasteiger partial charge in [-0.05, 0) is 37.9 Å². The van der Waals surface area contributed by atoms with Gasteiger partial charge in [0.1, 0.15) is 12.7 Å². The summed E-state index contributed by atoms with van der Waals surface area (Å²) in [6.45, 7) is 3.13. The van der Waals surface area contributed by atoms with Crippen molar-refractivity contribution in [2.45, 2.75) is 25.9 Å². The van der Waals surface area contributed by atoms with Crippen molar-refractivity contribution in [3.05, 3.63) is 48.4 Å². The number of carbonyl (C=O) groups excluding carboxylic acids is 1. The number of pyridine rings is 1. The maximum atomic E-state index is 12.4. The number of carbonyl (C=O) groups is 1. The number of rotatable bonds is 6. The highest BCUT2D eigenvalue weighted by molar-refractivity contribution is 5.91. The van der Waals surface area contributed by atoms with Crippen LogP contribution in [0, 0.1) is 5.92 Å². The van der Waals surface area contributed by atoms with Gasteiger partial charge in [0.15, 0.2) is 11.5 Å². The Morgan fingerprint density at radius 1 is 1.41 bits per heavy atom. The smallest absolute Gasteiger partial charge is 0.273 e. The van der Waals surface area contributed by atoms with E-state index in [4.69, 9.17) is 0 Å². The summed E-state index contributed by atoms with van der Waals surface area (Å²) in [7, 11) is 0. The van der Waals surface area contributed by atoms with Crippen molar-refractivity contribution in [2.75, 3.05) is 13.1 Å². The van der Waals surface area contributed by atoms with Gasteiger partial charge >= 0.3 is 0 Å². The molecular formula is C17H21N9O. The summed E-state index contributed by atoms with van der Waals surface area (Å²) in [4.78, 5) is 20.7. The van der Waals surface area contributed by atoms with Crippen molar-refractivity contribution in [1.82, 2.24) is 45.4 Å². The van der Waals surface area contributed by atoms with E-state index in [1.807, 2.05) is 12.1 Å². The molecule has 2 N–H and O–H groups in total. The molecule has 10 nitrogen and oxygen atoms in total. The third-order valence-electron chi connectivity index (χ3n) is 4.56. The highest BCUT2D eigenvalue weighted by atomic mass is 16.2. The number of hydrogen-bond donors (Lipinski definition) is 2. The summed E-state index contributed by atoms with van der Waals surface area (Å²) >= 11 is 0. The van der Waals surface area contributed by atoms with E-state index in [9.17, 15) is 4.79 Å². The molecule has 0 saturated carbocycles. The van der Waals surface area contributed by atoms with Crippen molar-refractivity contribution in [2.24, 2.45) is 5.92 Å². The molecule has 1 atom stereocenters. The second-order valence-electron chi connectivity index (χ2n) is 6.55. The van der Waals surface area contributed by atoms with Crippen LogP contribution in [-0.2, 0) is 13.1 Å². The Morgan fingerprint density at radius 3 is 3.19 bits per heavy atom. The van der Waals surface area contributed by atoms with E-state index in [0.29, 0.717) is 24.0 Å². The van der Waals surface area contributed by atoms with Crippen LogP contribution >= 0.6 is 0 Å². The van der Waals surface area contributed by atoms with Gasteiger partial charge in [-0.25, -0.2) is 14.6 Å². The van der Waals surface area contributed by atoms with Gasteiger partial charge in [-0.15, -0.1) is 5.10 Å². The third kappa shape index (κ3) is 4.17. The first kappa shape index (κ1) is 17.3. The van der Waals surface area contributed by atoms with Crippen LogP contribution < -0.4 is 10.6 Å². The Morgan fingerprint density at radius 2 is 2.37 bits per heavy atom. The van der Waals surface area contributed by atoms with Crippen LogP contribution in [0.5, 0.6) is 0 Å². The minimum Gasteiger partial charge on any atom is -0.346 e. The van der Waals surface area contributed by atoms with Crippen LogP contribution in [0.2, 0.25) is 0 Å². The maximum absolute atomic E-state index is 12.4. The van der Waals surface area contributed by atoms with E-state index in [-0.39, 0.29) is 5.91 Å². The van der Waals surface area contributed by atoms with E-state index < -0.39 is 0 Å². The lowest BCUT2D eigenvalue weighted by Gasteiger charge is -2.22. The number of nitrogens with zero attached hydrogens (tertiary/aromatic N) is 7. The summed E-state index contributed by atoms with van der Waals surface area (Å²) < 4.78 is 3.31. The molecule has 0 bridgehead atoms. The van der Waals surface area contributed by atoms with Crippen LogP contribution in [0.1, 0.15) is 28.9 Å². The lowest BCUT2D eigenvalue weighted by molar-refractivity contribution is 0.0945. The Labute approximate surface area is 156 Å². The van der Waals surface area contributed by atoms with Crippen LogP contribution in [0.15, 0.2) is 37.2 Å². The molecule has 0 radical (unpaired) electrons. The number of nitrogens with one attached hydrogen (secondary N) is 2. The van der Waals surface area contributed by atoms with E-state index >= 15 is 0 Å². The van der Waals surface area contributed by atoms with Crippen molar-refractivity contribution in [3.63, 3.8) is 0 Å². The van der Waals surface area contributed by atoms with Crippen molar-refractivity contribution < 1.29 is 4.79 Å². The molecule has 140 valence electrons. The number of piperidine rings is 1. The minimum atomic E-state index is -0.267. The first-order valence-corrected chi connectivity index (χ1v) is 8.97. The third-order valence-corrected chi connectivity index (χ3v) is 4.56. The molecule has 1 fully saturated rings. The van der Waals surface area contributed by atoms with E-state index in [2.05, 4.69) is 36.0 Å². The summed E-state index contributed by atoms with van der Waals surface area (Å²) in [5.74, 6) is 0.886. The molecule has 27 heavy (non-hydrogen) atoms. The predicted octanol–water partition coefficient (Wildman–Crippen LogP) is 0.183. The van der Waals surface area contributed by atoms with Crippen LogP contribution in [0.4, 0.5) is 0 Å². The van der Waals surface area contributed by atoms with Gasteiger partial charge in [-0.2, -0.15) is 5.10 Å². The first-order valence-electron chi connectivity index (χ1n) is 8.97. The average molecular weight is 367 g/mol. The Kier molecular flexibility index (Phi) is 5.15. The number of amides is 1. The van der Waals surface area contributed by atoms with E-state index in [1.54, 1.807) is 28.1 Å². The highest BCUT2D eigenvalue weighted by Gasteiger charge is 2.17. The standard InChI is InChI=1S/C17H21N9O/c27-17(15-10-25(24-23-15)9-13-3-1-5-18-7-13)21-8-14-4-2-6-20-16(14)26-12-19-11-22-26/h2,4,6,10-13,18H,1,3,5,7-9H2,(H,21,27)/t13-/m1/s1. The zero-order valence-electron chi connectivity index (χ0n) is 14.8. The fraction of sp³-hybridized carbons (Fsp3) is 0.412. The quantitative estimate of drug-likeness (QED) is 0.639. The van der Waals surface area contributed by atoms with Crippen molar-refractivity contribution in [1.29, 1.82) is 0 Å². The first-order chi connectivity index (χ1) is 13.3. The summed E-state index contributed by atoms with van der Waals surface area (Å²) in [6.07, 6.45) is 8.72. The minimum absolute atomic E-state index is 0.267. The SMILES string of the molecule is O=C(NCc1cccnc1-n1cncn1)c1cn(C[C@@H]2CCCNC2)nn1. The molecule has 0 unspecified atom stereocenters. The fourth-order valence-electron chi connectivity index (χ4n) is 3.19. The van der Waals surface area contributed by atoms with Crippen molar-refractivity contribution in [3.8, 4) is 5.82 Å². The molecule has 10 heteroatoms. The largest absolute Gasteiger partial charge is 0.346 e. The molecule has 1 aliphatic heterocycles. The Balaban J connectivity index is 1.38. The second kappa shape index (κ2) is 8.04. The van der Waals surface area contributed by atoms with Gasteiger partial charge in [0.25, 0.3) is 5.91 Å². The Hall–Kier alpha value is -3.14. The lowest BCUT2D eigenvalue weighted by atomic mass is 10.00. The Bertz CT molecular complexity index is 883. The summed E-state index contributed by atoms with van der Waals surface area (Å²) in [5.41, 5.74) is 1.14. The average Bonchev–Trinajstić information content (AvgIpc) is 3.39. The maximum Gasteiger partial charge on any atom is 0.273 e. The van der Waals surface area contributed by atoms with Crippen LogP contribution in [0.25, 0.3) is 5.82 Å². The zero-order chi connectivity index (χ0) is 18.5. The van der Waals surface area contributed by atoms with Gasteiger partial charge in [-0.3, -0.25) is 9.48 Å². The normalized spacial score (nSPS) is 17.0.